The first-order chi connectivity index (χ1) is 7.29. The Morgan fingerprint density at radius 2 is 2.07 bits per heavy atom. The highest BCUT2D eigenvalue weighted by molar-refractivity contribution is 7.99. The van der Waals surface area contributed by atoms with Crippen LogP contribution in [0.4, 0.5) is 0 Å². The van der Waals surface area contributed by atoms with Gasteiger partial charge in [0.15, 0.2) is 0 Å². The van der Waals surface area contributed by atoms with E-state index < -0.39 is 6.04 Å². The molecule has 0 aliphatic carbocycles. The van der Waals surface area contributed by atoms with E-state index in [1.807, 2.05) is 30.3 Å². The van der Waals surface area contributed by atoms with Gasteiger partial charge in [0, 0.05) is 12.3 Å². The number of nitrogens with one attached hydrogen (secondary N) is 1. The largest absolute Gasteiger partial charge is 0.354 e. The first-order valence-electron chi connectivity index (χ1n) is 4.99. The lowest BCUT2D eigenvalue weighted by Gasteiger charge is -2.19. The van der Waals surface area contributed by atoms with E-state index in [2.05, 4.69) is 5.32 Å². The van der Waals surface area contributed by atoms with E-state index in [1.165, 1.54) is 0 Å². The van der Waals surface area contributed by atoms with Gasteiger partial charge in [0.1, 0.15) is 6.04 Å². The molecular formula is C11H14N2OS. The van der Waals surface area contributed by atoms with E-state index in [4.69, 9.17) is 5.73 Å². The molecule has 4 heteroatoms. The second-order valence-corrected chi connectivity index (χ2v) is 4.77. The Kier molecular flexibility index (Phi) is 3.28. The minimum atomic E-state index is -0.445. The van der Waals surface area contributed by atoms with E-state index in [-0.39, 0.29) is 11.2 Å². The van der Waals surface area contributed by atoms with Gasteiger partial charge in [-0.2, -0.15) is 0 Å². The number of carbonyl (C=O) groups is 1. The molecule has 0 spiro atoms. The second-order valence-electron chi connectivity index (χ2n) is 3.52. The van der Waals surface area contributed by atoms with Crippen molar-refractivity contribution < 1.29 is 4.79 Å². The van der Waals surface area contributed by atoms with E-state index in [0.29, 0.717) is 6.54 Å². The normalized spacial score (nSPS) is 26.9. The zero-order valence-electron chi connectivity index (χ0n) is 8.35. The summed E-state index contributed by atoms with van der Waals surface area (Å²) in [4.78, 5) is 11.5. The predicted octanol–water partition coefficient (Wildman–Crippen LogP) is 0.918. The van der Waals surface area contributed by atoms with Gasteiger partial charge in [-0.15, -0.1) is 11.8 Å². The number of amides is 1. The molecule has 80 valence electrons. The Morgan fingerprint density at radius 1 is 1.33 bits per heavy atom. The Bertz CT molecular complexity index is 342. The third-order valence-electron chi connectivity index (χ3n) is 2.46. The molecule has 0 unspecified atom stereocenters. The van der Waals surface area contributed by atoms with Crippen molar-refractivity contribution >= 4 is 17.7 Å². The maximum Gasteiger partial charge on any atom is 0.238 e. The van der Waals surface area contributed by atoms with Crippen LogP contribution >= 0.6 is 11.8 Å². The minimum Gasteiger partial charge on any atom is -0.354 e. The van der Waals surface area contributed by atoms with Crippen LogP contribution in [0.5, 0.6) is 0 Å². The van der Waals surface area contributed by atoms with Crippen LogP contribution < -0.4 is 11.1 Å². The molecule has 2 rings (SSSR count). The lowest BCUT2D eigenvalue weighted by atomic mass is 10.1. The Balaban J connectivity index is 2.23. The van der Waals surface area contributed by atoms with Crippen LogP contribution in [0.25, 0.3) is 0 Å². The van der Waals surface area contributed by atoms with Gasteiger partial charge in [-0.05, 0) is 5.56 Å². The lowest BCUT2D eigenvalue weighted by Crippen LogP contribution is -2.42. The third kappa shape index (κ3) is 2.33. The van der Waals surface area contributed by atoms with E-state index in [9.17, 15) is 4.79 Å². The van der Waals surface area contributed by atoms with Crippen LogP contribution in [0.1, 0.15) is 10.8 Å². The summed E-state index contributed by atoms with van der Waals surface area (Å²) in [7, 11) is 0. The number of nitrogens with two attached hydrogens (primary N) is 1. The van der Waals surface area contributed by atoms with Gasteiger partial charge in [0.25, 0.3) is 0 Å². The van der Waals surface area contributed by atoms with Gasteiger partial charge in [-0.25, -0.2) is 0 Å². The van der Waals surface area contributed by atoms with E-state index in [1.54, 1.807) is 11.8 Å². The first-order valence-corrected chi connectivity index (χ1v) is 6.04. The summed E-state index contributed by atoms with van der Waals surface area (Å²) >= 11 is 1.74. The van der Waals surface area contributed by atoms with Crippen LogP contribution in [0.2, 0.25) is 0 Å². The number of benzene rings is 1. The molecule has 1 fully saturated rings. The Labute approximate surface area is 93.4 Å². The van der Waals surface area contributed by atoms with Crippen LogP contribution in [0, 0.1) is 0 Å². The molecule has 3 nitrogen and oxygen atoms in total. The molecule has 1 aliphatic heterocycles. The molecule has 0 bridgehead atoms. The zero-order valence-corrected chi connectivity index (χ0v) is 9.17. The van der Waals surface area contributed by atoms with Crippen molar-refractivity contribution in [2.24, 2.45) is 5.73 Å². The summed E-state index contributed by atoms with van der Waals surface area (Å²) in [6.45, 7) is 0.709. The van der Waals surface area contributed by atoms with Gasteiger partial charge in [0.05, 0.1) is 5.25 Å². The standard InChI is InChI=1S/C11H14N2OS/c12-9-10(8-4-2-1-3-5-8)15-7-6-13-11(9)14/h1-5,9-10H,6-7,12H2,(H,13,14)/t9-,10+/m0/s1. The molecule has 3 N–H and O–H groups in total. The Morgan fingerprint density at radius 3 is 2.80 bits per heavy atom. The van der Waals surface area contributed by atoms with Crippen LogP contribution in [-0.2, 0) is 4.79 Å². The van der Waals surface area contributed by atoms with Crippen molar-refractivity contribution in [1.82, 2.24) is 5.32 Å². The topological polar surface area (TPSA) is 55.1 Å². The quantitative estimate of drug-likeness (QED) is 0.743. The molecule has 2 atom stereocenters. The molecule has 1 aromatic carbocycles. The van der Waals surface area contributed by atoms with Crippen molar-refractivity contribution in [2.45, 2.75) is 11.3 Å². The summed E-state index contributed by atoms with van der Waals surface area (Å²) in [6.07, 6.45) is 0. The molecule has 0 saturated carbocycles. The molecule has 1 amide bonds. The van der Waals surface area contributed by atoms with Gasteiger partial charge in [-0.3, -0.25) is 4.79 Å². The average Bonchev–Trinajstić information content (AvgIpc) is 2.44. The number of hydrogen-bond acceptors (Lipinski definition) is 3. The van der Waals surface area contributed by atoms with Crippen molar-refractivity contribution in [3.05, 3.63) is 35.9 Å². The van der Waals surface area contributed by atoms with Crippen molar-refractivity contribution in [3.63, 3.8) is 0 Å². The summed E-state index contributed by atoms with van der Waals surface area (Å²) in [5.74, 6) is 0.868. The molecule has 15 heavy (non-hydrogen) atoms. The molecule has 0 radical (unpaired) electrons. The average molecular weight is 222 g/mol. The molecule has 1 saturated heterocycles. The number of carbonyl (C=O) groups excluding carboxylic acids is 1. The van der Waals surface area contributed by atoms with E-state index in [0.717, 1.165) is 11.3 Å². The summed E-state index contributed by atoms with van der Waals surface area (Å²) < 4.78 is 0. The third-order valence-corrected chi connectivity index (χ3v) is 3.82. The van der Waals surface area contributed by atoms with Crippen molar-refractivity contribution in [3.8, 4) is 0 Å². The highest BCUT2D eigenvalue weighted by Crippen LogP contribution is 2.32. The zero-order chi connectivity index (χ0) is 10.7. The maximum absolute atomic E-state index is 11.5. The number of hydrogen-bond donors (Lipinski definition) is 2. The predicted molar refractivity (Wildman–Crippen MR) is 62.6 cm³/mol. The Hall–Kier alpha value is -1.00. The van der Waals surface area contributed by atoms with E-state index >= 15 is 0 Å². The lowest BCUT2D eigenvalue weighted by molar-refractivity contribution is -0.122. The highest BCUT2D eigenvalue weighted by Gasteiger charge is 2.28. The molecule has 1 aromatic rings. The smallest absolute Gasteiger partial charge is 0.238 e. The monoisotopic (exact) mass is 222 g/mol. The summed E-state index contributed by atoms with van der Waals surface area (Å²) in [5, 5.41) is 2.89. The minimum absolute atomic E-state index is 0.0474. The van der Waals surface area contributed by atoms with Gasteiger partial charge in [-0.1, -0.05) is 30.3 Å². The second kappa shape index (κ2) is 4.68. The van der Waals surface area contributed by atoms with Gasteiger partial charge >= 0.3 is 0 Å². The van der Waals surface area contributed by atoms with Crippen LogP contribution in [0.15, 0.2) is 30.3 Å². The van der Waals surface area contributed by atoms with Gasteiger partial charge < -0.3 is 11.1 Å². The van der Waals surface area contributed by atoms with Crippen molar-refractivity contribution in [2.75, 3.05) is 12.3 Å². The van der Waals surface area contributed by atoms with Gasteiger partial charge in [0.2, 0.25) is 5.91 Å². The molecule has 0 aromatic heterocycles. The maximum atomic E-state index is 11.5. The summed E-state index contributed by atoms with van der Waals surface area (Å²) in [6, 6.07) is 9.53. The fourth-order valence-corrected chi connectivity index (χ4v) is 2.82. The first kappa shape index (κ1) is 10.5. The molecule has 1 aliphatic rings. The highest BCUT2D eigenvalue weighted by atomic mass is 32.2. The SMILES string of the molecule is N[C@@H]1C(=O)NCCS[C@@H]1c1ccccc1. The fraction of sp³-hybridized carbons (Fsp3) is 0.364. The summed E-state index contributed by atoms with van der Waals surface area (Å²) in [5.41, 5.74) is 7.05. The number of thioether (sulfide) groups is 1. The molecule has 1 heterocycles. The fourth-order valence-electron chi connectivity index (χ4n) is 1.67. The van der Waals surface area contributed by atoms with Crippen LogP contribution in [-0.4, -0.2) is 24.2 Å². The molecular weight excluding hydrogens is 208 g/mol. The van der Waals surface area contributed by atoms with Crippen molar-refractivity contribution in [1.29, 1.82) is 0 Å². The van der Waals surface area contributed by atoms with Crippen LogP contribution in [0.3, 0.4) is 0 Å². The number of rotatable bonds is 1.